The van der Waals surface area contributed by atoms with Crippen molar-refractivity contribution in [1.29, 1.82) is 0 Å². The molecule has 3 fully saturated rings. The Bertz CT molecular complexity index is 932. The lowest BCUT2D eigenvalue weighted by molar-refractivity contribution is -0.165. The van der Waals surface area contributed by atoms with Crippen molar-refractivity contribution in [3.05, 3.63) is 23.8 Å². The summed E-state index contributed by atoms with van der Waals surface area (Å²) in [7, 11) is 1.64. The Hall–Kier alpha value is -2.61. The molecule has 0 bridgehead atoms. The molecule has 3 aliphatic heterocycles. The van der Waals surface area contributed by atoms with Crippen molar-refractivity contribution in [1.82, 2.24) is 9.80 Å². The fourth-order valence-electron chi connectivity index (χ4n) is 5.84. The molecule has 34 heavy (non-hydrogen) atoms. The van der Waals surface area contributed by atoms with Gasteiger partial charge in [0.15, 0.2) is 11.5 Å². The van der Waals surface area contributed by atoms with Crippen molar-refractivity contribution < 1.29 is 23.9 Å². The standard InChI is InChI=1S/C26H35N3O5/c1-32-22-11-10-19(16-23(22)33-20-8-2-3-9-20)21-17-26(34-27-21,25(31)29-14-6-7-15-29)24(18-30)28-12-4-5-13-28/h10-11,16,18,20,24H,2-9,12-15,17H2,1H3. The first-order valence-electron chi connectivity index (χ1n) is 12.7. The van der Waals surface area contributed by atoms with Crippen LogP contribution in [0.25, 0.3) is 0 Å². The first kappa shape index (κ1) is 23.1. The normalized spacial score (nSPS) is 26.4. The summed E-state index contributed by atoms with van der Waals surface area (Å²) in [6.07, 6.45) is 9.78. The SMILES string of the molecule is COc1ccc(C2=NOC(C(=O)N3CCCC3)(C(C=O)N3CCCC3)C2)cc1OC1CCCC1. The summed E-state index contributed by atoms with van der Waals surface area (Å²) in [5.74, 6) is 1.24. The quantitative estimate of drug-likeness (QED) is 0.544. The van der Waals surface area contributed by atoms with Crippen LogP contribution >= 0.6 is 0 Å². The van der Waals surface area contributed by atoms with Crippen LogP contribution < -0.4 is 9.47 Å². The minimum absolute atomic E-state index is 0.122. The smallest absolute Gasteiger partial charge is 0.272 e. The lowest BCUT2D eigenvalue weighted by atomic mass is 9.85. The third kappa shape index (κ3) is 4.28. The van der Waals surface area contributed by atoms with E-state index < -0.39 is 11.6 Å². The van der Waals surface area contributed by atoms with E-state index in [2.05, 4.69) is 10.1 Å². The van der Waals surface area contributed by atoms with Crippen LogP contribution in [0.15, 0.2) is 23.4 Å². The van der Waals surface area contributed by atoms with Crippen molar-refractivity contribution in [2.45, 2.75) is 75.5 Å². The number of carbonyl (C=O) groups is 2. The van der Waals surface area contributed by atoms with Crippen LogP contribution in [0.2, 0.25) is 0 Å². The van der Waals surface area contributed by atoms with Gasteiger partial charge in [-0.1, -0.05) is 5.16 Å². The number of ether oxygens (including phenoxy) is 2. The summed E-state index contributed by atoms with van der Waals surface area (Å²) in [5.41, 5.74) is 0.173. The zero-order chi connectivity index (χ0) is 23.5. The first-order valence-corrected chi connectivity index (χ1v) is 12.7. The second-order valence-electron chi connectivity index (χ2n) is 9.91. The third-order valence-corrected chi connectivity index (χ3v) is 7.74. The van der Waals surface area contributed by atoms with E-state index >= 15 is 0 Å². The second-order valence-corrected chi connectivity index (χ2v) is 9.91. The van der Waals surface area contributed by atoms with E-state index in [1.54, 1.807) is 7.11 Å². The Labute approximate surface area is 201 Å². The highest BCUT2D eigenvalue weighted by molar-refractivity contribution is 6.07. The Kier molecular flexibility index (Phi) is 6.77. The molecular weight excluding hydrogens is 434 g/mol. The van der Waals surface area contributed by atoms with Crippen LogP contribution in [-0.4, -0.2) is 78.7 Å². The zero-order valence-corrected chi connectivity index (χ0v) is 20.0. The van der Waals surface area contributed by atoms with Crippen LogP contribution in [-0.2, 0) is 14.4 Å². The van der Waals surface area contributed by atoms with E-state index in [1.807, 2.05) is 23.1 Å². The molecule has 3 heterocycles. The van der Waals surface area contributed by atoms with Gasteiger partial charge in [-0.3, -0.25) is 9.69 Å². The van der Waals surface area contributed by atoms with Crippen LogP contribution in [0, 0.1) is 0 Å². The van der Waals surface area contributed by atoms with Crippen molar-refractivity contribution >= 4 is 17.9 Å². The Morgan fingerprint density at radius 1 is 1.09 bits per heavy atom. The molecule has 1 aliphatic carbocycles. The maximum Gasteiger partial charge on any atom is 0.272 e. The number of amides is 1. The predicted molar refractivity (Wildman–Crippen MR) is 127 cm³/mol. The Balaban J connectivity index is 1.43. The van der Waals surface area contributed by atoms with Gasteiger partial charge in [0.05, 0.1) is 18.9 Å². The number of hydrogen-bond acceptors (Lipinski definition) is 7. The van der Waals surface area contributed by atoms with E-state index in [0.29, 0.717) is 30.3 Å². The lowest BCUT2D eigenvalue weighted by Crippen LogP contribution is -2.61. The highest BCUT2D eigenvalue weighted by atomic mass is 16.7. The van der Waals surface area contributed by atoms with Gasteiger partial charge in [-0.15, -0.1) is 0 Å². The molecule has 0 radical (unpaired) electrons. The fourth-order valence-corrected chi connectivity index (χ4v) is 5.84. The summed E-state index contributed by atoms with van der Waals surface area (Å²) in [6, 6.07) is 5.07. The molecule has 1 aromatic rings. The molecule has 2 atom stereocenters. The van der Waals surface area contributed by atoms with Crippen molar-refractivity contribution in [2.24, 2.45) is 5.16 Å². The Morgan fingerprint density at radius 3 is 2.47 bits per heavy atom. The van der Waals surface area contributed by atoms with Crippen LogP contribution in [0.5, 0.6) is 11.5 Å². The largest absolute Gasteiger partial charge is 0.493 e. The van der Waals surface area contributed by atoms with Gasteiger partial charge in [0, 0.05) is 25.1 Å². The van der Waals surface area contributed by atoms with Crippen LogP contribution in [0.3, 0.4) is 0 Å². The average molecular weight is 470 g/mol. The number of oxime groups is 1. The van der Waals surface area contributed by atoms with E-state index in [-0.39, 0.29) is 18.4 Å². The zero-order valence-electron chi connectivity index (χ0n) is 20.0. The van der Waals surface area contributed by atoms with Gasteiger partial charge in [-0.25, -0.2) is 0 Å². The van der Waals surface area contributed by atoms with Crippen LogP contribution in [0.1, 0.15) is 63.4 Å². The summed E-state index contributed by atoms with van der Waals surface area (Å²) in [5, 5.41) is 4.41. The number of hydrogen-bond donors (Lipinski definition) is 0. The molecule has 8 heteroatoms. The van der Waals surface area contributed by atoms with Crippen molar-refractivity contribution in [3.63, 3.8) is 0 Å². The number of carbonyl (C=O) groups excluding carboxylic acids is 2. The molecular formula is C26H35N3O5. The van der Waals surface area contributed by atoms with Gasteiger partial charge in [0.2, 0.25) is 5.60 Å². The molecule has 8 nitrogen and oxygen atoms in total. The van der Waals surface area contributed by atoms with Gasteiger partial charge >= 0.3 is 0 Å². The second kappa shape index (κ2) is 9.94. The fraction of sp³-hybridized carbons (Fsp3) is 0.654. The number of aldehydes is 1. The highest BCUT2D eigenvalue weighted by Crippen LogP contribution is 2.38. The Morgan fingerprint density at radius 2 is 1.79 bits per heavy atom. The number of nitrogens with zero attached hydrogens (tertiary/aromatic N) is 3. The summed E-state index contributed by atoms with van der Waals surface area (Å²) >= 11 is 0. The number of methoxy groups -OCH3 is 1. The molecule has 0 aromatic heterocycles. The average Bonchev–Trinajstić information content (AvgIpc) is 3.67. The van der Waals surface area contributed by atoms with Crippen LogP contribution in [0.4, 0.5) is 0 Å². The van der Waals surface area contributed by atoms with Gasteiger partial charge in [-0.05, 0) is 82.7 Å². The number of likely N-dealkylation sites (tertiary alicyclic amines) is 2. The number of rotatable bonds is 8. The molecule has 2 unspecified atom stereocenters. The molecule has 2 saturated heterocycles. The molecule has 0 N–H and O–H groups in total. The minimum Gasteiger partial charge on any atom is -0.493 e. The van der Waals surface area contributed by atoms with Gasteiger partial charge in [0.25, 0.3) is 5.91 Å². The monoisotopic (exact) mass is 469 g/mol. The molecule has 4 aliphatic rings. The van der Waals surface area contributed by atoms with Gasteiger partial charge in [-0.2, -0.15) is 0 Å². The minimum atomic E-state index is -1.32. The highest BCUT2D eigenvalue weighted by Gasteiger charge is 2.57. The molecule has 184 valence electrons. The van der Waals surface area contributed by atoms with Crippen molar-refractivity contribution in [3.8, 4) is 11.5 Å². The molecule has 1 saturated carbocycles. The third-order valence-electron chi connectivity index (χ3n) is 7.74. The lowest BCUT2D eigenvalue weighted by Gasteiger charge is -2.38. The summed E-state index contributed by atoms with van der Waals surface area (Å²) in [4.78, 5) is 36.2. The maximum atomic E-state index is 13.8. The van der Waals surface area contributed by atoms with Gasteiger partial charge < -0.3 is 24.0 Å². The summed E-state index contributed by atoms with van der Waals surface area (Å²) in [6.45, 7) is 2.98. The van der Waals surface area contributed by atoms with Crippen molar-refractivity contribution in [2.75, 3.05) is 33.3 Å². The van der Waals surface area contributed by atoms with Gasteiger partial charge in [0.1, 0.15) is 12.3 Å². The topological polar surface area (TPSA) is 80.7 Å². The summed E-state index contributed by atoms with van der Waals surface area (Å²) < 4.78 is 11.8. The maximum absolute atomic E-state index is 13.8. The first-order chi connectivity index (χ1) is 16.6. The molecule has 0 spiro atoms. The van der Waals surface area contributed by atoms with E-state index in [4.69, 9.17) is 14.3 Å². The number of benzene rings is 1. The molecule has 1 aromatic carbocycles. The predicted octanol–water partition coefficient (Wildman–Crippen LogP) is 3.17. The van der Waals surface area contributed by atoms with E-state index in [0.717, 1.165) is 63.5 Å². The van der Waals surface area contributed by atoms with E-state index in [1.165, 1.54) is 12.8 Å². The molecule has 1 amide bonds. The molecule has 5 rings (SSSR count). The van der Waals surface area contributed by atoms with E-state index in [9.17, 15) is 9.59 Å².